The van der Waals surface area contributed by atoms with Gasteiger partial charge >= 0.3 is 0 Å². The Labute approximate surface area is 158 Å². The standard InChI is InChI=1S/C21H20ClN3O/c1-14(15-4-7-21(26-3)23-11-15)12-25-19-6-5-16(22)10-17(19)18-13-24(2)9-8-20(18)25/h4-12H,13H2,1-3H3. The Morgan fingerprint density at radius 2 is 2.12 bits per heavy atom. The van der Waals surface area contributed by atoms with Crippen LogP contribution in [0, 0.1) is 0 Å². The summed E-state index contributed by atoms with van der Waals surface area (Å²) in [5.74, 6) is 0.617. The van der Waals surface area contributed by atoms with Gasteiger partial charge < -0.3 is 14.2 Å². The highest BCUT2D eigenvalue weighted by atomic mass is 35.5. The zero-order chi connectivity index (χ0) is 18.3. The number of nitrogens with zero attached hydrogens (tertiary/aromatic N) is 3. The van der Waals surface area contributed by atoms with Crippen LogP contribution in [0.3, 0.4) is 0 Å². The van der Waals surface area contributed by atoms with E-state index in [2.05, 4.69) is 59.0 Å². The Morgan fingerprint density at radius 3 is 2.85 bits per heavy atom. The molecular weight excluding hydrogens is 346 g/mol. The molecule has 1 aliphatic heterocycles. The van der Waals surface area contributed by atoms with Crippen LogP contribution in [0.25, 0.3) is 28.8 Å². The maximum atomic E-state index is 6.26. The van der Waals surface area contributed by atoms with Crippen LogP contribution in [0.5, 0.6) is 5.88 Å². The van der Waals surface area contributed by atoms with E-state index in [1.807, 2.05) is 24.4 Å². The van der Waals surface area contributed by atoms with Crippen LogP contribution in [0.2, 0.25) is 5.02 Å². The summed E-state index contributed by atoms with van der Waals surface area (Å²) in [6, 6.07) is 9.98. The van der Waals surface area contributed by atoms with Crippen molar-refractivity contribution in [1.29, 1.82) is 0 Å². The fourth-order valence-corrected chi connectivity index (χ4v) is 3.53. The second-order valence-corrected chi connectivity index (χ2v) is 6.96. The molecule has 132 valence electrons. The topological polar surface area (TPSA) is 30.3 Å². The molecule has 0 aliphatic carbocycles. The van der Waals surface area contributed by atoms with Crippen molar-refractivity contribution in [2.24, 2.45) is 0 Å². The van der Waals surface area contributed by atoms with Crippen molar-refractivity contribution in [3.05, 3.63) is 64.6 Å². The lowest BCUT2D eigenvalue weighted by Crippen LogP contribution is -2.14. The van der Waals surface area contributed by atoms with Crippen LogP contribution in [0.1, 0.15) is 23.7 Å². The minimum atomic E-state index is 0.617. The Hall–Kier alpha value is -2.72. The number of benzene rings is 1. The average Bonchev–Trinajstić information content (AvgIpc) is 2.94. The molecule has 4 nitrogen and oxygen atoms in total. The molecule has 0 amide bonds. The van der Waals surface area contributed by atoms with Crippen LogP contribution in [0.15, 0.2) is 42.7 Å². The van der Waals surface area contributed by atoms with Crippen molar-refractivity contribution in [2.75, 3.05) is 14.2 Å². The smallest absolute Gasteiger partial charge is 0.212 e. The molecule has 0 radical (unpaired) electrons. The lowest BCUT2D eigenvalue weighted by molar-refractivity contribution is 0.398. The fraction of sp³-hybridized carbons (Fsp3) is 0.190. The van der Waals surface area contributed by atoms with Gasteiger partial charge in [0.05, 0.1) is 18.3 Å². The monoisotopic (exact) mass is 365 g/mol. The highest BCUT2D eigenvalue weighted by molar-refractivity contribution is 6.31. The van der Waals surface area contributed by atoms with Gasteiger partial charge in [-0.2, -0.15) is 0 Å². The third-order valence-corrected chi connectivity index (χ3v) is 4.97. The van der Waals surface area contributed by atoms with Crippen molar-refractivity contribution in [2.45, 2.75) is 13.5 Å². The number of ether oxygens (including phenoxy) is 1. The SMILES string of the molecule is COc1ccc(C(C)=Cn2c3c(c4cc(Cl)ccc42)CN(C)C=C3)cn1. The van der Waals surface area contributed by atoms with Crippen molar-refractivity contribution >= 4 is 40.4 Å². The summed E-state index contributed by atoms with van der Waals surface area (Å²) < 4.78 is 7.39. The lowest BCUT2D eigenvalue weighted by atomic mass is 10.1. The van der Waals surface area contributed by atoms with E-state index in [0.717, 1.165) is 28.2 Å². The van der Waals surface area contributed by atoms with Gasteiger partial charge in [0.25, 0.3) is 0 Å². The van der Waals surface area contributed by atoms with Gasteiger partial charge in [0.2, 0.25) is 5.88 Å². The van der Waals surface area contributed by atoms with Gasteiger partial charge in [0.1, 0.15) is 0 Å². The summed E-state index contributed by atoms with van der Waals surface area (Å²) >= 11 is 6.26. The molecule has 1 aliphatic rings. The van der Waals surface area contributed by atoms with Crippen LogP contribution in [-0.2, 0) is 6.54 Å². The zero-order valence-corrected chi connectivity index (χ0v) is 15.8. The van der Waals surface area contributed by atoms with E-state index >= 15 is 0 Å². The van der Waals surface area contributed by atoms with Gasteiger partial charge in [-0.25, -0.2) is 4.98 Å². The van der Waals surface area contributed by atoms with Gasteiger partial charge in [-0.15, -0.1) is 0 Å². The number of fused-ring (bicyclic) bond motifs is 3. The molecule has 0 bridgehead atoms. The Kier molecular flexibility index (Phi) is 4.21. The quantitative estimate of drug-likeness (QED) is 0.644. The van der Waals surface area contributed by atoms with Gasteiger partial charge in [-0.3, -0.25) is 0 Å². The van der Waals surface area contributed by atoms with Crippen LogP contribution in [0.4, 0.5) is 0 Å². The summed E-state index contributed by atoms with van der Waals surface area (Å²) in [4.78, 5) is 6.49. The number of hydrogen-bond donors (Lipinski definition) is 0. The van der Waals surface area contributed by atoms with E-state index in [1.165, 1.54) is 16.6 Å². The summed E-state index contributed by atoms with van der Waals surface area (Å²) in [5.41, 5.74) is 5.83. The third-order valence-electron chi connectivity index (χ3n) is 4.73. The number of aromatic nitrogens is 2. The molecule has 3 heterocycles. The van der Waals surface area contributed by atoms with Crippen molar-refractivity contribution < 1.29 is 4.74 Å². The molecule has 0 saturated carbocycles. The minimum absolute atomic E-state index is 0.617. The molecule has 4 rings (SSSR count). The van der Waals surface area contributed by atoms with Crippen molar-refractivity contribution in [3.63, 3.8) is 0 Å². The molecule has 3 aromatic rings. The van der Waals surface area contributed by atoms with E-state index in [-0.39, 0.29) is 0 Å². The van der Waals surface area contributed by atoms with E-state index < -0.39 is 0 Å². The first kappa shape index (κ1) is 16.7. The van der Waals surface area contributed by atoms with Gasteiger partial charge in [-0.05, 0) is 48.4 Å². The Bertz CT molecular complexity index is 1030. The molecule has 0 fully saturated rings. The molecular formula is C21H20ClN3O. The first-order valence-corrected chi connectivity index (χ1v) is 8.84. The number of rotatable bonds is 3. The highest BCUT2D eigenvalue weighted by Gasteiger charge is 2.18. The molecule has 0 unspecified atom stereocenters. The third kappa shape index (κ3) is 2.86. The molecule has 2 aromatic heterocycles. The van der Waals surface area contributed by atoms with Crippen molar-refractivity contribution in [1.82, 2.24) is 14.5 Å². The van der Waals surface area contributed by atoms with Crippen LogP contribution < -0.4 is 4.74 Å². The average molecular weight is 366 g/mol. The Morgan fingerprint density at radius 1 is 1.27 bits per heavy atom. The van der Waals surface area contributed by atoms with E-state index in [9.17, 15) is 0 Å². The highest BCUT2D eigenvalue weighted by Crippen LogP contribution is 2.34. The molecule has 5 heteroatoms. The molecule has 1 aromatic carbocycles. The van der Waals surface area contributed by atoms with Gasteiger partial charge in [0, 0.05) is 54.2 Å². The maximum Gasteiger partial charge on any atom is 0.212 e. The number of hydrogen-bond acceptors (Lipinski definition) is 3. The second-order valence-electron chi connectivity index (χ2n) is 6.53. The molecule has 0 atom stereocenters. The lowest BCUT2D eigenvalue weighted by Gasteiger charge is -2.19. The summed E-state index contributed by atoms with van der Waals surface area (Å²) in [6.07, 6.45) is 8.26. The van der Waals surface area contributed by atoms with E-state index in [4.69, 9.17) is 16.3 Å². The predicted molar refractivity (Wildman–Crippen MR) is 108 cm³/mol. The molecule has 0 saturated heterocycles. The van der Waals surface area contributed by atoms with Crippen molar-refractivity contribution in [3.8, 4) is 5.88 Å². The van der Waals surface area contributed by atoms with E-state index in [1.54, 1.807) is 7.11 Å². The van der Waals surface area contributed by atoms with Gasteiger partial charge in [-0.1, -0.05) is 11.6 Å². The number of pyridine rings is 1. The molecule has 26 heavy (non-hydrogen) atoms. The summed E-state index contributed by atoms with van der Waals surface area (Å²) in [6.45, 7) is 2.96. The second kappa shape index (κ2) is 6.54. The summed E-state index contributed by atoms with van der Waals surface area (Å²) in [5, 5.41) is 1.95. The minimum Gasteiger partial charge on any atom is -0.481 e. The first-order chi connectivity index (χ1) is 12.6. The number of halogens is 1. The van der Waals surface area contributed by atoms with Crippen LogP contribution in [-0.4, -0.2) is 28.6 Å². The fourth-order valence-electron chi connectivity index (χ4n) is 3.36. The largest absolute Gasteiger partial charge is 0.481 e. The summed E-state index contributed by atoms with van der Waals surface area (Å²) in [7, 11) is 3.70. The Balaban J connectivity index is 1.87. The molecule has 0 N–H and O–H groups in total. The number of methoxy groups -OCH3 is 1. The van der Waals surface area contributed by atoms with E-state index in [0.29, 0.717) is 5.88 Å². The molecule has 0 spiro atoms. The first-order valence-electron chi connectivity index (χ1n) is 8.46. The zero-order valence-electron chi connectivity index (χ0n) is 15.0. The maximum absolute atomic E-state index is 6.26. The van der Waals surface area contributed by atoms with Gasteiger partial charge in [0.15, 0.2) is 0 Å². The predicted octanol–water partition coefficient (Wildman–Crippen LogP) is 5.13. The van der Waals surface area contributed by atoms with Crippen LogP contribution >= 0.6 is 11.6 Å². The normalized spacial score (nSPS) is 14.0. The number of allylic oxidation sites excluding steroid dienone is 1.